The van der Waals surface area contributed by atoms with Crippen LogP contribution in [0.25, 0.3) is 10.9 Å². The molecule has 1 atom stereocenters. The van der Waals surface area contributed by atoms with Crippen molar-refractivity contribution in [3.63, 3.8) is 0 Å². The van der Waals surface area contributed by atoms with E-state index in [2.05, 4.69) is 43.6 Å². The van der Waals surface area contributed by atoms with Crippen LogP contribution in [0.1, 0.15) is 41.0 Å². The summed E-state index contributed by atoms with van der Waals surface area (Å²) in [6, 6.07) is 21.7. The van der Waals surface area contributed by atoms with Crippen molar-refractivity contribution in [3.8, 4) is 5.75 Å². The van der Waals surface area contributed by atoms with Crippen molar-refractivity contribution in [1.82, 2.24) is 30.1 Å². The Bertz CT molecular complexity index is 1650. The summed E-state index contributed by atoms with van der Waals surface area (Å²) in [5.74, 6) is 0.992. The monoisotopic (exact) mass is 510 g/mol. The van der Waals surface area contributed by atoms with Crippen LogP contribution < -0.4 is 10.3 Å². The van der Waals surface area contributed by atoms with Crippen LogP contribution in [0.3, 0.4) is 0 Å². The molecule has 6 rings (SSSR count). The number of pyridine rings is 1. The van der Waals surface area contributed by atoms with E-state index in [0.29, 0.717) is 31.1 Å². The average Bonchev–Trinajstić information content (AvgIpc) is 3.38. The first kappa shape index (κ1) is 24.0. The molecule has 0 aliphatic carbocycles. The van der Waals surface area contributed by atoms with E-state index in [0.717, 1.165) is 35.2 Å². The minimum absolute atomic E-state index is 0.193. The Morgan fingerprint density at radius 3 is 2.68 bits per heavy atom. The number of hydrogen-bond donors (Lipinski definition) is 1. The summed E-state index contributed by atoms with van der Waals surface area (Å²) in [7, 11) is 0. The Morgan fingerprint density at radius 2 is 1.87 bits per heavy atom. The molecule has 0 radical (unpaired) electrons. The molecule has 1 aliphatic heterocycles. The van der Waals surface area contributed by atoms with Gasteiger partial charge < -0.3 is 9.72 Å². The summed E-state index contributed by atoms with van der Waals surface area (Å²) in [6.07, 6.45) is 0.853. The zero-order chi connectivity index (χ0) is 26.1. The smallest absolute Gasteiger partial charge is 0.253 e. The van der Waals surface area contributed by atoms with E-state index in [9.17, 15) is 9.18 Å². The molecule has 8 nitrogen and oxygen atoms in total. The highest BCUT2D eigenvalue weighted by Gasteiger charge is 2.32. The first-order valence-corrected chi connectivity index (χ1v) is 12.7. The number of H-pyrrole nitrogens is 1. The van der Waals surface area contributed by atoms with Gasteiger partial charge in [0.05, 0.1) is 13.2 Å². The normalized spacial score (nSPS) is 14.4. The lowest BCUT2D eigenvalue weighted by Gasteiger charge is -2.34. The molecule has 5 aromatic rings. The number of benzene rings is 3. The van der Waals surface area contributed by atoms with E-state index in [1.165, 1.54) is 23.3 Å². The number of fused-ring (bicyclic) bond motifs is 2. The lowest BCUT2D eigenvalue weighted by molar-refractivity contribution is 0.194. The van der Waals surface area contributed by atoms with Gasteiger partial charge in [0.25, 0.3) is 5.56 Å². The van der Waals surface area contributed by atoms with Gasteiger partial charge in [-0.15, -0.1) is 5.10 Å². The van der Waals surface area contributed by atoms with Gasteiger partial charge in [0, 0.05) is 29.6 Å². The van der Waals surface area contributed by atoms with Crippen LogP contribution in [0.2, 0.25) is 0 Å². The highest BCUT2D eigenvalue weighted by atomic mass is 19.1. The first-order chi connectivity index (χ1) is 18.6. The second-order valence-electron chi connectivity index (χ2n) is 9.45. The molecule has 0 amide bonds. The highest BCUT2D eigenvalue weighted by Crippen LogP contribution is 2.32. The van der Waals surface area contributed by atoms with E-state index in [1.54, 1.807) is 16.8 Å². The summed E-state index contributed by atoms with van der Waals surface area (Å²) in [4.78, 5) is 18.8. The van der Waals surface area contributed by atoms with Crippen molar-refractivity contribution < 1.29 is 9.13 Å². The van der Waals surface area contributed by atoms with Crippen LogP contribution >= 0.6 is 0 Å². The van der Waals surface area contributed by atoms with Gasteiger partial charge >= 0.3 is 0 Å². The Kier molecular flexibility index (Phi) is 6.43. The van der Waals surface area contributed by atoms with Gasteiger partial charge in [0.1, 0.15) is 17.6 Å². The maximum Gasteiger partial charge on any atom is 0.253 e. The predicted molar refractivity (Wildman–Crippen MR) is 141 cm³/mol. The fourth-order valence-corrected chi connectivity index (χ4v) is 5.18. The van der Waals surface area contributed by atoms with Crippen LogP contribution in [-0.2, 0) is 19.5 Å². The fraction of sp³-hybridized carbons (Fsp3) is 0.241. The maximum absolute atomic E-state index is 13.5. The Hall–Kier alpha value is -4.37. The number of halogens is 1. The standard InChI is InChI=1S/C29H27FN6O2/c1-2-38-24-11-12-26-22(15-24)16-25(29(37)31-26)27(35-14-13-20-5-3-4-6-21(20)18-35)28-32-33-34-36(28)17-19-7-9-23(30)10-8-19/h3-12,15-16,27H,2,13-14,17-18H2,1H3,(H,31,37). The van der Waals surface area contributed by atoms with Crippen LogP contribution in [0.15, 0.2) is 77.6 Å². The molecule has 0 fully saturated rings. The molecule has 38 heavy (non-hydrogen) atoms. The maximum atomic E-state index is 13.5. The molecule has 2 aromatic heterocycles. The number of nitrogens with zero attached hydrogens (tertiary/aromatic N) is 5. The van der Waals surface area contributed by atoms with Crippen molar-refractivity contribution in [2.45, 2.75) is 32.5 Å². The molecule has 0 saturated heterocycles. The average molecular weight is 511 g/mol. The van der Waals surface area contributed by atoms with Crippen molar-refractivity contribution in [2.75, 3.05) is 13.2 Å². The SMILES string of the molecule is CCOc1ccc2[nH]c(=O)c(C(c3nnnn3Cc3ccc(F)cc3)N3CCc4ccccc4C3)cc2c1. The van der Waals surface area contributed by atoms with E-state index >= 15 is 0 Å². The Morgan fingerprint density at radius 1 is 1.05 bits per heavy atom. The number of ether oxygens (including phenoxy) is 1. The lowest BCUT2D eigenvalue weighted by atomic mass is 9.96. The highest BCUT2D eigenvalue weighted by molar-refractivity contribution is 5.80. The summed E-state index contributed by atoms with van der Waals surface area (Å²) in [5, 5.41) is 13.5. The third-order valence-electron chi connectivity index (χ3n) is 7.03. The van der Waals surface area contributed by atoms with Gasteiger partial charge in [-0.3, -0.25) is 9.69 Å². The van der Waals surface area contributed by atoms with Gasteiger partial charge in [-0.2, -0.15) is 0 Å². The number of rotatable bonds is 7. The molecule has 192 valence electrons. The van der Waals surface area contributed by atoms with Gasteiger partial charge in [-0.25, -0.2) is 9.07 Å². The number of tetrazole rings is 1. The molecular weight excluding hydrogens is 483 g/mol. The lowest BCUT2D eigenvalue weighted by Crippen LogP contribution is -2.38. The molecule has 0 bridgehead atoms. The fourth-order valence-electron chi connectivity index (χ4n) is 5.18. The van der Waals surface area contributed by atoms with Crippen LogP contribution in [-0.4, -0.2) is 43.2 Å². The van der Waals surface area contributed by atoms with Crippen molar-refractivity contribution >= 4 is 10.9 Å². The molecular formula is C29H27FN6O2. The molecule has 3 aromatic carbocycles. The van der Waals surface area contributed by atoms with Gasteiger partial charge in [-0.05, 0) is 76.9 Å². The molecule has 3 heterocycles. The van der Waals surface area contributed by atoms with E-state index < -0.39 is 6.04 Å². The van der Waals surface area contributed by atoms with Crippen LogP contribution in [0.4, 0.5) is 4.39 Å². The topological polar surface area (TPSA) is 88.9 Å². The summed E-state index contributed by atoms with van der Waals surface area (Å²) in [6.45, 7) is 4.23. The minimum atomic E-state index is -0.497. The summed E-state index contributed by atoms with van der Waals surface area (Å²) >= 11 is 0. The van der Waals surface area contributed by atoms with Gasteiger partial charge in [-0.1, -0.05) is 36.4 Å². The molecule has 1 N–H and O–H groups in total. The number of aromatic amines is 1. The van der Waals surface area contributed by atoms with E-state index in [1.807, 2.05) is 37.3 Å². The second kappa shape index (κ2) is 10.2. The molecule has 1 aliphatic rings. The third kappa shape index (κ3) is 4.68. The molecule has 9 heteroatoms. The summed E-state index contributed by atoms with van der Waals surface area (Å²) in [5.41, 5.74) is 4.48. The Balaban J connectivity index is 1.47. The quantitative estimate of drug-likeness (QED) is 0.352. The van der Waals surface area contributed by atoms with E-state index in [-0.39, 0.29) is 11.4 Å². The van der Waals surface area contributed by atoms with Crippen molar-refractivity contribution in [2.24, 2.45) is 0 Å². The van der Waals surface area contributed by atoms with Crippen LogP contribution in [0.5, 0.6) is 5.75 Å². The third-order valence-corrected chi connectivity index (χ3v) is 7.03. The van der Waals surface area contributed by atoms with E-state index in [4.69, 9.17) is 4.74 Å². The minimum Gasteiger partial charge on any atom is -0.494 e. The number of nitrogens with one attached hydrogen (secondary N) is 1. The summed E-state index contributed by atoms with van der Waals surface area (Å²) < 4.78 is 20.9. The second-order valence-corrected chi connectivity index (χ2v) is 9.45. The molecule has 1 unspecified atom stereocenters. The van der Waals surface area contributed by atoms with Gasteiger partial charge in [0.2, 0.25) is 0 Å². The zero-order valence-electron chi connectivity index (χ0n) is 21.0. The molecule has 0 saturated carbocycles. The van der Waals surface area contributed by atoms with Crippen molar-refractivity contribution in [3.05, 3.63) is 117 Å². The number of aromatic nitrogens is 5. The Labute approximate surface area is 218 Å². The number of hydrogen-bond acceptors (Lipinski definition) is 6. The zero-order valence-corrected chi connectivity index (χ0v) is 21.0. The first-order valence-electron chi connectivity index (χ1n) is 12.7. The van der Waals surface area contributed by atoms with Crippen molar-refractivity contribution in [1.29, 1.82) is 0 Å². The largest absolute Gasteiger partial charge is 0.494 e. The van der Waals surface area contributed by atoms with Gasteiger partial charge in [0.15, 0.2) is 5.82 Å². The predicted octanol–water partition coefficient (Wildman–Crippen LogP) is 4.25. The molecule has 0 spiro atoms. The van der Waals surface area contributed by atoms with Crippen LogP contribution in [0, 0.1) is 5.82 Å².